The number of pyridine rings is 1. The highest BCUT2D eigenvalue weighted by Gasteiger charge is 2.15. The van der Waals surface area contributed by atoms with Crippen LogP contribution in [0.25, 0.3) is 11.6 Å². The van der Waals surface area contributed by atoms with Crippen molar-refractivity contribution in [3.63, 3.8) is 0 Å². The van der Waals surface area contributed by atoms with Crippen LogP contribution in [0, 0.1) is 0 Å². The summed E-state index contributed by atoms with van der Waals surface area (Å²) in [7, 11) is 0. The van der Waals surface area contributed by atoms with Crippen LogP contribution < -0.4 is 0 Å². The zero-order chi connectivity index (χ0) is 14.5. The second-order valence-corrected chi connectivity index (χ2v) is 5.28. The van der Waals surface area contributed by atoms with E-state index in [1.54, 1.807) is 24.2 Å². The predicted octanol–water partition coefficient (Wildman–Crippen LogP) is 3.41. The molecule has 0 radical (unpaired) electrons. The van der Waals surface area contributed by atoms with Gasteiger partial charge in [0.15, 0.2) is 10.9 Å². The van der Waals surface area contributed by atoms with Crippen molar-refractivity contribution < 1.29 is 4.42 Å². The molecule has 0 saturated carbocycles. The van der Waals surface area contributed by atoms with Crippen LogP contribution in [0.15, 0.2) is 65.2 Å². The van der Waals surface area contributed by atoms with Gasteiger partial charge in [-0.2, -0.15) is 0 Å². The van der Waals surface area contributed by atoms with Crippen molar-refractivity contribution in [2.45, 2.75) is 17.5 Å². The lowest BCUT2D eigenvalue weighted by molar-refractivity contribution is 0.569. The van der Waals surface area contributed by atoms with Crippen LogP contribution in [0.2, 0.25) is 0 Å². The average molecular weight is 298 g/mol. The maximum absolute atomic E-state index is 5.41. The summed E-state index contributed by atoms with van der Waals surface area (Å²) in [5.74, 6) is 2.22. The molecule has 0 bridgehead atoms. The highest BCUT2D eigenvalue weighted by molar-refractivity contribution is 7.98. The summed E-state index contributed by atoms with van der Waals surface area (Å²) in [6, 6.07) is 7.68. The third-order valence-electron chi connectivity index (χ3n) is 2.86. The Hall–Kier alpha value is -2.34. The van der Waals surface area contributed by atoms with Crippen LogP contribution in [-0.4, -0.2) is 19.7 Å². The molecule has 0 aliphatic heterocycles. The van der Waals surface area contributed by atoms with Gasteiger partial charge in [-0.3, -0.25) is 9.55 Å². The Kier molecular flexibility index (Phi) is 4.16. The Morgan fingerprint density at radius 1 is 1.29 bits per heavy atom. The van der Waals surface area contributed by atoms with E-state index in [4.69, 9.17) is 4.42 Å². The molecule has 106 valence electrons. The fourth-order valence-corrected chi connectivity index (χ4v) is 2.79. The van der Waals surface area contributed by atoms with Crippen molar-refractivity contribution in [1.29, 1.82) is 0 Å². The molecule has 0 unspecified atom stereocenters. The van der Waals surface area contributed by atoms with Gasteiger partial charge in [-0.25, -0.2) is 0 Å². The zero-order valence-electron chi connectivity index (χ0n) is 11.3. The van der Waals surface area contributed by atoms with E-state index in [2.05, 4.69) is 21.8 Å². The van der Waals surface area contributed by atoms with Crippen molar-refractivity contribution in [1.82, 2.24) is 19.7 Å². The Morgan fingerprint density at radius 3 is 2.95 bits per heavy atom. The number of rotatable bonds is 6. The molecule has 0 aliphatic rings. The largest absolute Gasteiger partial charge is 0.461 e. The van der Waals surface area contributed by atoms with Gasteiger partial charge in [0.1, 0.15) is 0 Å². The third kappa shape index (κ3) is 3.05. The van der Waals surface area contributed by atoms with E-state index >= 15 is 0 Å². The van der Waals surface area contributed by atoms with Crippen molar-refractivity contribution in [2.75, 3.05) is 0 Å². The molecule has 5 nitrogen and oxygen atoms in total. The highest BCUT2D eigenvalue weighted by Crippen LogP contribution is 2.26. The Bertz CT molecular complexity index is 707. The molecule has 0 atom stereocenters. The lowest BCUT2D eigenvalue weighted by atomic mass is 10.3. The summed E-state index contributed by atoms with van der Waals surface area (Å²) in [6.45, 7) is 4.43. The van der Waals surface area contributed by atoms with Crippen LogP contribution in [0.1, 0.15) is 5.56 Å². The lowest BCUT2D eigenvalue weighted by Crippen LogP contribution is -2.00. The highest BCUT2D eigenvalue weighted by atomic mass is 32.2. The van der Waals surface area contributed by atoms with Crippen molar-refractivity contribution >= 4 is 11.8 Å². The molecular weight excluding hydrogens is 284 g/mol. The third-order valence-corrected chi connectivity index (χ3v) is 3.90. The number of nitrogens with zero attached hydrogens (tertiary/aromatic N) is 4. The van der Waals surface area contributed by atoms with Crippen LogP contribution >= 0.6 is 11.8 Å². The Morgan fingerprint density at radius 2 is 2.24 bits per heavy atom. The van der Waals surface area contributed by atoms with Gasteiger partial charge in [-0.15, -0.1) is 16.8 Å². The summed E-state index contributed by atoms with van der Waals surface area (Å²) >= 11 is 1.62. The smallest absolute Gasteiger partial charge is 0.200 e. The minimum atomic E-state index is 0.637. The van der Waals surface area contributed by atoms with Gasteiger partial charge in [0, 0.05) is 24.7 Å². The van der Waals surface area contributed by atoms with Gasteiger partial charge in [0.05, 0.1) is 6.26 Å². The van der Waals surface area contributed by atoms with Gasteiger partial charge >= 0.3 is 0 Å². The van der Waals surface area contributed by atoms with E-state index in [1.165, 1.54) is 0 Å². The van der Waals surface area contributed by atoms with E-state index in [0.717, 1.165) is 16.5 Å². The zero-order valence-corrected chi connectivity index (χ0v) is 12.2. The summed E-state index contributed by atoms with van der Waals surface area (Å²) in [5.41, 5.74) is 1.15. The molecule has 3 aromatic rings. The Labute approximate surface area is 126 Å². The number of hydrogen-bond donors (Lipinski definition) is 0. The molecule has 0 N–H and O–H groups in total. The number of thioether (sulfide) groups is 1. The van der Waals surface area contributed by atoms with Gasteiger partial charge in [0.2, 0.25) is 5.82 Å². The first-order valence-electron chi connectivity index (χ1n) is 6.48. The van der Waals surface area contributed by atoms with Crippen LogP contribution in [0.4, 0.5) is 0 Å². The van der Waals surface area contributed by atoms with E-state index in [0.29, 0.717) is 18.1 Å². The molecule has 6 heteroatoms. The molecule has 3 rings (SSSR count). The number of aromatic nitrogens is 4. The molecular formula is C15H14N4OS. The quantitative estimate of drug-likeness (QED) is 0.515. The SMILES string of the molecule is C=CCn1c(SCc2cccnc2)nnc1-c1ccco1. The molecule has 21 heavy (non-hydrogen) atoms. The lowest BCUT2D eigenvalue weighted by Gasteiger charge is -2.06. The number of hydrogen-bond acceptors (Lipinski definition) is 5. The predicted molar refractivity (Wildman–Crippen MR) is 81.7 cm³/mol. The normalized spacial score (nSPS) is 10.7. The van der Waals surface area contributed by atoms with Crippen LogP contribution in [0.3, 0.4) is 0 Å². The van der Waals surface area contributed by atoms with Crippen LogP contribution in [-0.2, 0) is 12.3 Å². The summed E-state index contributed by atoms with van der Waals surface area (Å²) in [6.07, 6.45) is 7.08. The summed E-state index contributed by atoms with van der Waals surface area (Å²) in [5, 5.41) is 9.32. The molecule has 0 aromatic carbocycles. The van der Waals surface area contributed by atoms with Gasteiger partial charge < -0.3 is 4.42 Å². The molecule has 0 amide bonds. The first-order valence-corrected chi connectivity index (χ1v) is 7.46. The molecule has 3 aromatic heterocycles. The number of furan rings is 1. The maximum atomic E-state index is 5.41. The molecule has 3 heterocycles. The van der Waals surface area contributed by atoms with E-state index in [1.807, 2.05) is 41.1 Å². The first kappa shape index (κ1) is 13.6. The molecule has 0 spiro atoms. The summed E-state index contributed by atoms with van der Waals surface area (Å²) < 4.78 is 7.40. The summed E-state index contributed by atoms with van der Waals surface area (Å²) in [4.78, 5) is 4.11. The van der Waals surface area contributed by atoms with Crippen molar-refractivity contribution in [2.24, 2.45) is 0 Å². The molecule has 0 saturated heterocycles. The van der Waals surface area contributed by atoms with E-state index in [9.17, 15) is 0 Å². The minimum absolute atomic E-state index is 0.637. The Balaban J connectivity index is 1.83. The standard InChI is InChI=1S/C15H14N4OS/c1-2-8-19-14(13-6-4-9-20-13)17-18-15(19)21-11-12-5-3-7-16-10-12/h2-7,9-10H,1,8,11H2. The fraction of sp³-hybridized carbons (Fsp3) is 0.133. The van der Waals surface area contributed by atoms with Gasteiger partial charge in [-0.05, 0) is 23.8 Å². The average Bonchev–Trinajstić information content (AvgIpc) is 3.16. The van der Waals surface area contributed by atoms with Gasteiger partial charge in [0.25, 0.3) is 0 Å². The minimum Gasteiger partial charge on any atom is -0.461 e. The van der Waals surface area contributed by atoms with Gasteiger partial charge in [-0.1, -0.05) is 23.9 Å². The first-order chi connectivity index (χ1) is 10.4. The van der Waals surface area contributed by atoms with E-state index < -0.39 is 0 Å². The molecule has 0 aliphatic carbocycles. The van der Waals surface area contributed by atoms with E-state index in [-0.39, 0.29) is 0 Å². The second kappa shape index (κ2) is 6.41. The fourth-order valence-electron chi connectivity index (χ4n) is 1.91. The topological polar surface area (TPSA) is 56.7 Å². The maximum Gasteiger partial charge on any atom is 0.200 e. The second-order valence-electron chi connectivity index (χ2n) is 4.33. The molecule has 0 fully saturated rings. The van der Waals surface area contributed by atoms with Crippen molar-refractivity contribution in [3.05, 3.63) is 61.1 Å². The van der Waals surface area contributed by atoms with Crippen LogP contribution in [0.5, 0.6) is 0 Å². The monoisotopic (exact) mass is 298 g/mol. The number of allylic oxidation sites excluding steroid dienone is 1. The van der Waals surface area contributed by atoms with Crippen molar-refractivity contribution in [3.8, 4) is 11.6 Å².